The van der Waals surface area contributed by atoms with E-state index in [1.54, 1.807) is 38.5 Å². The van der Waals surface area contributed by atoms with Crippen LogP contribution in [0.1, 0.15) is 51.9 Å². The van der Waals surface area contributed by atoms with Crippen LogP contribution in [0.2, 0.25) is 0 Å². The van der Waals surface area contributed by atoms with Crippen molar-refractivity contribution in [1.29, 1.82) is 0 Å². The maximum absolute atomic E-state index is 5.46. The van der Waals surface area contributed by atoms with Crippen molar-refractivity contribution < 1.29 is 4.74 Å². The van der Waals surface area contributed by atoms with Crippen molar-refractivity contribution in [2.75, 3.05) is 33.4 Å². The first-order valence-corrected chi connectivity index (χ1v) is 8.45. The molecule has 0 radical (unpaired) electrons. The molecule has 0 N–H and O–H groups in total. The van der Waals surface area contributed by atoms with E-state index in [2.05, 4.69) is 18.9 Å². The van der Waals surface area contributed by atoms with Crippen LogP contribution in [-0.4, -0.2) is 38.3 Å². The molecule has 4 aliphatic rings. The summed E-state index contributed by atoms with van der Waals surface area (Å²) in [5.74, 6) is 3.29. The van der Waals surface area contributed by atoms with Gasteiger partial charge in [0, 0.05) is 13.2 Å². The Bertz CT molecular complexity index is 266. The molecule has 4 aliphatic carbocycles. The minimum atomic E-state index is 0.745. The van der Waals surface area contributed by atoms with Crippen LogP contribution < -0.4 is 0 Å². The molecular formula is C17H31NO. The Hall–Kier alpha value is -0.0800. The van der Waals surface area contributed by atoms with Crippen LogP contribution in [0.15, 0.2) is 0 Å². The Morgan fingerprint density at radius 3 is 2.11 bits per heavy atom. The third-order valence-electron chi connectivity index (χ3n) is 6.01. The summed E-state index contributed by atoms with van der Waals surface area (Å²) in [7, 11) is 2.26. The molecule has 0 saturated heterocycles. The molecule has 0 aliphatic heterocycles. The normalized spacial score (nSPS) is 40.3. The van der Waals surface area contributed by atoms with Gasteiger partial charge in [0.2, 0.25) is 0 Å². The quantitative estimate of drug-likeness (QED) is 0.653. The van der Waals surface area contributed by atoms with Crippen molar-refractivity contribution in [2.24, 2.45) is 23.2 Å². The summed E-state index contributed by atoms with van der Waals surface area (Å²) in [6.07, 6.45) is 10.8. The van der Waals surface area contributed by atoms with Crippen LogP contribution >= 0.6 is 0 Å². The first kappa shape index (κ1) is 13.9. The van der Waals surface area contributed by atoms with Crippen LogP contribution in [0, 0.1) is 23.2 Å². The van der Waals surface area contributed by atoms with E-state index in [-0.39, 0.29) is 0 Å². The van der Waals surface area contributed by atoms with Gasteiger partial charge in [0.15, 0.2) is 0 Å². The van der Waals surface area contributed by atoms with Gasteiger partial charge in [-0.2, -0.15) is 0 Å². The Balaban J connectivity index is 1.47. The molecule has 110 valence electrons. The Labute approximate surface area is 118 Å². The fraction of sp³-hybridized carbons (Fsp3) is 1.00. The largest absolute Gasteiger partial charge is 0.380 e. The maximum atomic E-state index is 5.46. The monoisotopic (exact) mass is 265 g/mol. The summed E-state index contributed by atoms with van der Waals surface area (Å²) >= 11 is 0. The third kappa shape index (κ3) is 3.16. The molecule has 0 heterocycles. The predicted octanol–water partition coefficient (Wildman–Crippen LogP) is 3.56. The summed E-state index contributed by atoms with van der Waals surface area (Å²) < 4.78 is 5.46. The van der Waals surface area contributed by atoms with Gasteiger partial charge in [-0.05, 0) is 88.6 Å². The zero-order valence-electron chi connectivity index (χ0n) is 12.9. The van der Waals surface area contributed by atoms with E-state index in [1.807, 2.05) is 0 Å². The van der Waals surface area contributed by atoms with Gasteiger partial charge in [0.05, 0.1) is 6.61 Å². The number of hydrogen-bond donors (Lipinski definition) is 0. The molecule has 0 unspecified atom stereocenters. The summed E-state index contributed by atoms with van der Waals surface area (Å²) in [5, 5.41) is 0. The van der Waals surface area contributed by atoms with Crippen LogP contribution in [0.25, 0.3) is 0 Å². The highest BCUT2D eigenvalue weighted by atomic mass is 16.5. The first-order chi connectivity index (χ1) is 9.19. The molecule has 0 atom stereocenters. The van der Waals surface area contributed by atoms with Gasteiger partial charge < -0.3 is 9.64 Å². The van der Waals surface area contributed by atoms with Crippen molar-refractivity contribution in [3.8, 4) is 0 Å². The minimum absolute atomic E-state index is 0.745. The van der Waals surface area contributed by atoms with Crippen LogP contribution in [0.4, 0.5) is 0 Å². The third-order valence-corrected chi connectivity index (χ3v) is 6.01. The minimum Gasteiger partial charge on any atom is -0.380 e. The van der Waals surface area contributed by atoms with E-state index in [1.165, 1.54) is 13.0 Å². The van der Waals surface area contributed by atoms with Crippen molar-refractivity contribution in [3.05, 3.63) is 0 Å². The standard InChI is InChI=1S/C17H31NO/c1-3-19-7-6-18(2)5-4-17-11-14-8-15(12-17)10-16(9-14)13-17/h14-16H,3-13H2,1-2H3. The smallest absolute Gasteiger partial charge is 0.0593 e. The van der Waals surface area contributed by atoms with E-state index in [0.717, 1.165) is 42.9 Å². The Morgan fingerprint density at radius 1 is 1.00 bits per heavy atom. The summed E-state index contributed by atoms with van der Waals surface area (Å²) in [6, 6.07) is 0. The first-order valence-electron chi connectivity index (χ1n) is 8.45. The zero-order chi connectivity index (χ0) is 13.3. The van der Waals surface area contributed by atoms with Gasteiger partial charge in [0.1, 0.15) is 0 Å². The average Bonchev–Trinajstić information content (AvgIpc) is 2.35. The predicted molar refractivity (Wildman–Crippen MR) is 79.2 cm³/mol. The Morgan fingerprint density at radius 2 is 1.58 bits per heavy atom. The summed E-state index contributed by atoms with van der Waals surface area (Å²) in [5.41, 5.74) is 0.745. The highest BCUT2D eigenvalue weighted by Crippen LogP contribution is 2.61. The van der Waals surface area contributed by atoms with E-state index in [0.29, 0.717) is 0 Å². The molecule has 4 bridgehead atoms. The van der Waals surface area contributed by atoms with Crippen LogP contribution in [0.3, 0.4) is 0 Å². The van der Waals surface area contributed by atoms with Gasteiger partial charge in [-0.25, -0.2) is 0 Å². The average molecular weight is 265 g/mol. The number of rotatable bonds is 7. The second-order valence-corrected chi connectivity index (χ2v) is 7.67. The maximum Gasteiger partial charge on any atom is 0.0593 e. The summed E-state index contributed by atoms with van der Waals surface area (Å²) in [6.45, 7) is 6.20. The molecular weight excluding hydrogens is 234 g/mol. The highest BCUT2D eigenvalue weighted by Gasteiger charge is 2.50. The molecule has 0 aromatic rings. The lowest BCUT2D eigenvalue weighted by Gasteiger charge is -2.57. The lowest BCUT2D eigenvalue weighted by Crippen LogP contribution is -2.47. The Kier molecular flexibility index (Phi) is 4.19. The van der Waals surface area contributed by atoms with Crippen molar-refractivity contribution in [1.82, 2.24) is 4.90 Å². The van der Waals surface area contributed by atoms with E-state index >= 15 is 0 Å². The lowest BCUT2D eigenvalue weighted by atomic mass is 9.49. The molecule has 4 saturated carbocycles. The topological polar surface area (TPSA) is 12.5 Å². The number of likely N-dealkylation sites (N-methyl/N-ethyl adjacent to an activating group) is 1. The van der Waals surface area contributed by atoms with Gasteiger partial charge in [-0.15, -0.1) is 0 Å². The lowest BCUT2D eigenvalue weighted by molar-refractivity contribution is -0.0607. The second-order valence-electron chi connectivity index (χ2n) is 7.67. The summed E-state index contributed by atoms with van der Waals surface area (Å²) in [4.78, 5) is 2.48. The molecule has 4 rings (SSSR count). The van der Waals surface area contributed by atoms with Gasteiger partial charge >= 0.3 is 0 Å². The van der Waals surface area contributed by atoms with Crippen molar-refractivity contribution in [3.63, 3.8) is 0 Å². The fourth-order valence-corrected chi connectivity index (χ4v) is 5.50. The number of ether oxygens (including phenoxy) is 1. The molecule has 0 aromatic carbocycles. The van der Waals surface area contributed by atoms with Crippen LogP contribution in [0.5, 0.6) is 0 Å². The molecule has 19 heavy (non-hydrogen) atoms. The van der Waals surface area contributed by atoms with Crippen molar-refractivity contribution >= 4 is 0 Å². The molecule has 0 aromatic heterocycles. The van der Waals surface area contributed by atoms with E-state index < -0.39 is 0 Å². The molecule has 0 amide bonds. The number of nitrogens with zero attached hydrogens (tertiary/aromatic N) is 1. The zero-order valence-corrected chi connectivity index (χ0v) is 12.9. The number of hydrogen-bond acceptors (Lipinski definition) is 2. The van der Waals surface area contributed by atoms with Crippen molar-refractivity contribution in [2.45, 2.75) is 51.9 Å². The van der Waals surface area contributed by atoms with Gasteiger partial charge in [-0.3, -0.25) is 0 Å². The fourth-order valence-electron chi connectivity index (χ4n) is 5.50. The van der Waals surface area contributed by atoms with E-state index in [9.17, 15) is 0 Å². The SMILES string of the molecule is CCOCCN(C)CCC12CC3CC(CC(C3)C1)C2. The van der Waals surface area contributed by atoms with Crippen LogP contribution in [-0.2, 0) is 4.74 Å². The molecule has 2 nitrogen and oxygen atoms in total. The van der Waals surface area contributed by atoms with Gasteiger partial charge in [0.25, 0.3) is 0 Å². The van der Waals surface area contributed by atoms with E-state index in [4.69, 9.17) is 4.74 Å². The van der Waals surface area contributed by atoms with Gasteiger partial charge in [-0.1, -0.05) is 0 Å². The molecule has 2 heteroatoms. The highest BCUT2D eigenvalue weighted by molar-refractivity contribution is 5.01. The second kappa shape index (κ2) is 5.73. The molecule has 0 spiro atoms. The molecule has 4 fully saturated rings.